The van der Waals surface area contributed by atoms with Gasteiger partial charge in [0.05, 0.1) is 22.8 Å². The SMILES string of the molecule is CN1CCC(=C2c3ccccc3CCc3cccnc32)CC1.CN1CCCC(n2nc(Cc3ccc(Cl)cc3)c3ccccc3c2=O)CC1. The molecule has 2 aromatic heterocycles. The monoisotopic (exact) mass is 671 g/mol. The first-order valence-electron chi connectivity index (χ1n) is 17.8. The third-order valence-corrected chi connectivity index (χ3v) is 10.7. The summed E-state index contributed by atoms with van der Waals surface area (Å²) in [5.74, 6) is 0. The Labute approximate surface area is 295 Å². The number of likely N-dealkylation sites (tertiary alicyclic amines) is 2. The van der Waals surface area contributed by atoms with Gasteiger partial charge in [-0.3, -0.25) is 9.78 Å². The molecule has 2 saturated heterocycles. The van der Waals surface area contributed by atoms with Gasteiger partial charge in [-0.15, -0.1) is 0 Å². The average molecular weight is 672 g/mol. The molecule has 0 saturated carbocycles. The van der Waals surface area contributed by atoms with E-state index < -0.39 is 0 Å². The van der Waals surface area contributed by atoms with E-state index in [9.17, 15) is 4.79 Å². The van der Waals surface area contributed by atoms with Gasteiger partial charge >= 0.3 is 0 Å². The second-order valence-electron chi connectivity index (χ2n) is 13.9. The number of nitrogens with zero attached hydrogens (tertiary/aromatic N) is 5. The minimum absolute atomic E-state index is 0.0278. The van der Waals surface area contributed by atoms with E-state index in [1.54, 1.807) is 10.3 Å². The third-order valence-electron chi connectivity index (χ3n) is 10.5. The highest BCUT2D eigenvalue weighted by Crippen LogP contribution is 2.37. The maximum absolute atomic E-state index is 13.1. The van der Waals surface area contributed by atoms with Crippen molar-refractivity contribution < 1.29 is 0 Å². The molecule has 252 valence electrons. The number of pyridine rings is 1. The first-order valence-corrected chi connectivity index (χ1v) is 18.2. The van der Waals surface area contributed by atoms with Crippen LogP contribution in [0.2, 0.25) is 5.02 Å². The van der Waals surface area contributed by atoms with Gasteiger partial charge in [-0.2, -0.15) is 5.10 Å². The molecule has 1 unspecified atom stereocenters. The highest BCUT2D eigenvalue weighted by atomic mass is 35.5. The van der Waals surface area contributed by atoms with E-state index in [0.717, 1.165) is 98.2 Å². The number of aryl methyl sites for hydroxylation is 2. The van der Waals surface area contributed by atoms with Crippen LogP contribution in [0.4, 0.5) is 0 Å². The highest BCUT2D eigenvalue weighted by Gasteiger charge is 2.24. The number of fused-ring (bicyclic) bond motifs is 3. The van der Waals surface area contributed by atoms with E-state index in [-0.39, 0.29) is 11.6 Å². The van der Waals surface area contributed by atoms with E-state index in [0.29, 0.717) is 6.42 Å². The summed E-state index contributed by atoms with van der Waals surface area (Å²) in [7, 11) is 4.36. The predicted molar refractivity (Wildman–Crippen MR) is 201 cm³/mol. The standard InChI is InChI=1S/C22H24ClN3O.C20H22N2/c1-25-13-4-5-18(12-14-25)26-22(27)20-7-3-2-6-19(20)21(24-26)15-16-8-10-17(23)11-9-16;1-22-13-10-16(11-14-22)19-18-7-3-2-5-15(18)8-9-17-6-4-12-21-20(17)19/h2-3,6-11,18H,4-5,12-15H2,1H3;2-7,12H,8-11,13-14H2,1H3. The van der Waals surface area contributed by atoms with Gasteiger partial charge in [0.15, 0.2) is 0 Å². The van der Waals surface area contributed by atoms with Crippen molar-refractivity contribution >= 4 is 27.9 Å². The fraction of sp³-hybridized carbons (Fsp3) is 0.357. The summed E-state index contributed by atoms with van der Waals surface area (Å²) < 4.78 is 1.76. The molecule has 49 heavy (non-hydrogen) atoms. The summed E-state index contributed by atoms with van der Waals surface area (Å²) in [5.41, 5.74) is 10.7. The molecule has 2 fully saturated rings. The Bertz CT molecular complexity index is 1960. The molecule has 5 aromatic rings. The van der Waals surface area contributed by atoms with Crippen LogP contribution in [0.3, 0.4) is 0 Å². The number of benzene rings is 3. The zero-order valence-electron chi connectivity index (χ0n) is 28.7. The van der Waals surface area contributed by atoms with Gasteiger partial charge in [-0.05, 0) is 119 Å². The van der Waals surface area contributed by atoms with Gasteiger partial charge in [0.2, 0.25) is 0 Å². The fourth-order valence-corrected chi connectivity index (χ4v) is 7.78. The summed E-state index contributed by atoms with van der Waals surface area (Å²) in [6.45, 7) is 4.39. The van der Waals surface area contributed by atoms with Crippen LogP contribution in [0.1, 0.15) is 71.8 Å². The van der Waals surface area contributed by atoms with Crippen molar-refractivity contribution in [3.8, 4) is 0 Å². The Morgan fingerprint density at radius 2 is 1.43 bits per heavy atom. The predicted octanol–water partition coefficient (Wildman–Crippen LogP) is 8.01. The minimum Gasteiger partial charge on any atom is -0.306 e. The first kappa shape index (κ1) is 33.4. The van der Waals surface area contributed by atoms with Crippen molar-refractivity contribution in [1.82, 2.24) is 24.6 Å². The Morgan fingerprint density at radius 1 is 0.735 bits per heavy atom. The number of hydrogen-bond acceptors (Lipinski definition) is 5. The Morgan fingerprint density at radius 3 is 2.24 bits per heavy atom. The van der Waals surface area contributed by atoms with E-state index in [2.05, 4.69) is 60.3 Å². The quantitative estimate of drug-likeness (QED) is 0.195. The van der Waals surface area contributed by atoms with E-state index in [1.807, 2.05) is 54.7 Å². The molecule has 7 heteroatoms. The smallest absolute Gasteiger partial charge is 0.274 e. The summed E-state index contributed by atoms with van der Waals surface area (Å²) in [5, 5.41) is 7.29. The number of halogens is 1. The second-order valence-corrected chi connectivity index (χ2v) is 14.3. The van der Waals surface area contributed by atoms with Crippen molar-refractivity contribution in [2.45, 2.75) is 57.4 Å². The molecule has 4 heterocycles. The van der Waals surface area contributed by atoms with Crippen LogP contribution in [-0.2, 0) is 19.3 Å². The van der Waals surface area contributed by atoms with Gasteiger partial charge < -0.3 is 9.80 Å². The van der Waals surface area contributed by atoms with Crippen LogP contribution < -0.4 is 5.56 Å². The molecule has 3 aliphatic rings. The maximum Gasteiger partial charge on any atom is 0.274 e. The molecule has 0 spiro atoms. The topological polar surface area (TPSA) is 54.3 Å². The van der Waals surface area contributed by atoms with E-state index in [4.69, 9.17) is 21.7 Å². The number of hydrogen-bond donors (Lipinski definition) is 0. The number of rotatable bonds is 3. The molecule has 6 nitrogen and oxygen atoms in total. The maximum atomic E-state index is 13.1. The van der Waals surface area contributed by atoms with Gasteiger partial charge in [0.25, 0.3) is 5.56 Å². The molecule has 1 atom stereocenters. The molecule has 3 aromatic carbocycles. The van der Waals surface area contributed by atoms with Crippen LogP contribution in [0.5, 0.6) is 0 Å². The first-order chi connectivity index (χ1) is 23.9. The van der Waals surface area contributed by atoms with Crippen molar-refractivity contribution in [2.24, 2.45) is 0 Å². The fourth-order valence-electron chi connectivity index (χ4n) is 7.66. The van der Waals surface area contributed by atoms with Gasteiger partial charge in [-0.1, -0.05) is 77.8 Å². The zero-order valence-corrected chi connectivity index (χ0v) is 29.5. The van der Waals surface area contributed by atoms with Gasteiger partial charge in [0.1, 0.15) is 0 Å². The summed E-state index contributed by atoms with van der Waals surface area (Å²) in [6, 6.07) is 29.1. The lowest BCUT2D eigenvalue weighted by Crippen LogP contribution is -2.29. The normalized spacial score (nSPS) is 18.6. The lowest BCUT2D eigenvalue weighted by Gasteiger charge is -2.27. The molecular formula is C42H46ClN5O. The van der Waals surface area contributed by atoms with Crippen LogP contribution in [-0.4, -0.2) is 64.8 Å². The largest absolute Gasteiger partial charge is 0.306 e. The molecule has 0 N–H and O–H groups in total. The van der Waals surface area contributed by atoms with Gasteiger partial charge in [-0.25, -0.2) is 4.68 Å². The number of aromatic nitrogens is 3. The van der Waals surface area contributed by atoms with Crippen molar-refractivity contribution in [1.29, 1.82) is 0 Å². The van der Waals surface area contributed by atoms with Crippen molar-refractivity contribution in [3.05, 3.63) is 146 Å². The van der Waals surface area contributed by atoms with E-state index >= 15 is 0 Å². The zero-order chi connectivity index (χ0) is 33.7. The molecule has 2 aliphatic heterocycles. The van der Waals surface area contributed by atoms with Crippen molar-refractivity contribution in [3.63, 3.8) is 0 Å². The average Bonchev–Trinajstić information content (AvgIpc) is 3.45. The molecule has 8 rings (SSSR count). The van der Waals surface area contributed by atoms with Crippen LogP contribution >= 0.6 is 11.6 Å². The highest BCUT2D eigenvalue weighted by molar-refractivity contribution is 6.30. The summed E-state index contributed by atoms with van der Waals surface area (Å²) in [4.78, 5) is 22.7. The Hall–Kier alpha value is -4.10. The Kier molecular flexibility index (Phi) is 10.4. The summed E-state index contributed by atoms with van der Waals surface area (Å²) >= 11 is 6.02. The lowest BCUT2D eigenvalue weighted by molar-refractivity contribution is 0.313. The summed E-state index contributed by atoms with van der Waals surface area (Å²) in [6.07, 6.45) is 10.2. The van der Waals surface area contributed by atoms with E-state index in [1.165, 1.54) is 28.0 Å². The lowest BCUT2D eigenvalue weighted by atomic mass is 9.89. The van der Waals surface area contributed by atoms with Gasteiger partial charge in [0, 0.05) is 41.7 Å². The molecule has 0 amide bonds. The second kappa shape index (κ2) is 15.2. The third kappa shape index (κ3) is 7.57. The molecule has 0 bridgehead atoms. The number of piperidine rings is 1. The Balaban J connectivity index is 0.000000157. The van der Waals surface area contributed by atoms with Crippen LogP contribution in [0.25, 0.3) is 16.3 Å². The molecular weight excluding hydrogens is 626 g/mol. The van der Waals surface area contributed by atoms with Crippen LogP contribution in [0, 0.1) is 0 Å². The van der Waals surface area contributed by atoms with Crippen LogP contribution in [0.15, 0.2) is 101 Å². The molecule has 0 radical (unpaired) electrons. The minimum atomic E-state index is 0.0278. The van der Waals surface area contributed by atoms with Crippen molar-refractivity contribution in [2.75, 3.05) is 40.3 Å². The molecule has 1 aliphatic carbocycles.